The summed E-state index contributed by atoms with van der Waals surface area (Å²) in [4.78, 5) is 27.8. The molecule has 0 bridgehead atoms. The van der Waals surface area contributed by atoms with Crippen molar-refractivity contribution in [3.05, 3.63) is 49.0 Å². The third-order valence-electron chi connectivity index (χ3n) is 3.45. The van der Waals surface area contributed by atoms with E-state index in [1.165, 1.54) is 23.5 Å². The second-order valence-electron chi connectivity index (χ2n) is 4.78. The normalized spacial score (nSPS) is 13.7. The van der Waals surface area contributed by atoms with Gasteiger partial charge in [-0.1, -0.05) is 0 Å². The Morgan fingerprint density at radius 1 is 1.27 bits per heavy atom. The van der Waals surface area contributed by atoms with Crippen molar-refractivity contribution in [2.45, 2.75) is 13.0 Å². The Bertz CT molecular complexity index is 775. The Balaban J connectivity index is 1.98. The van der Waals surface area contributed by atoms with Crippen LogP contribution in [0.25, 0.3) is 0 Å². The zero-order valence-corrected chi connectivity index (χ0v) is 12.1. The number of thiazole rings is 1. The Labute approximate surface area is 128 Å². The average molecular weight is 321 g/mol. The predicted molar refractivity (Wildman–Crippen MR) is 81.0 cm³/mol. The number of hydrogen-bond donors (Lipinski definition) is 1. The maximum Gasteiger partial charge on any atom is 0.299 e. The number of nitro benzene ring substituents is 2. The van der Waals surface area contributed by atoms with E-state index in [9.17, 15) is 20.2 Å². The molecular formula is C12H11N5O4S. The zero-order valence-electron chi connectivity index (χ0n) is 11.3. The lowest BCUT2D eigenvalue weighted by molar-refractivity contribution is -0.393. The standard InChI is InChI=1S/C12H11N5O4S/c13-12-14-8-3-4-15(6-11(8)22-12)9-2-1-7(16(18)19)5-10(9)17(20)21/h1-2,5H,3-4,6H2,(H2,13,14). The average Bonchev–Trinajstić information content (AvgIpc) is 2.85. The van der Waals surface area contributed by atoms with Gasteiger partial charge >= 0.3 is 0 Å². The monoisotopic (exact) mass is 321 g/mol. The van der Waals surface area contributed by atoms with Crippen LogP contribution in [0, 0.1) is 20.2 Å². The highest BCUT2D eigenvalue weighted by molar-refractivity contribution is 7.15. The van der Waals surface area contributed by atoms with E-state index in [0.717, 1.165) is 16.6 Å². The molecule has 0 aliphatic carbocycles. The Morgan fingerprint density at radius 2 is 2.05 bits per heavy atom. The first-order chi connectivity index (χ1) is 10.5. The molecule has 2 aromatic rings. The molecule has 10 heteroatoms. The fraction of sp³-hybridized carbons (Fsp3) is 0.250. The van der Waals surface area contributed by atoms with Crippen LogP contribution in [0.1, 0.15) is 10.6 Å². The van der Waals surface area contributed by atoms with Gasteiger partial charge in [0.25, 0.3) is 11.4 Å². The SMILES string of the molecule is Nc1nc2c(s1)CN(c1ccc([N+](=O)[O-])cc1[N+](=O)[O-])CC2. The molecule has 2 heterocycles. The van der Waals surface area contributed by atoms with E-state index in [-0.39, 0.29) is 11.4 Å². The van der Waals surface area contributed by atoms with Crippen LogP contribution in [0.2, 0.25) is 0 Å². The first kappa shape index (κ1) is 14.2. The van der Waals surface area contributed by atoms with Crippen LogP contribution in [0.4, 0.5) is 22.2 Å². The number of benzene rings is 1. The lowest BCUT2D eigenvalue weighted by atomic mass is 10.1. The largest absolute Gasteiger partial charge is 0.375 e. The summed E-state index contributed by atoms with van der Waals surface area (Å²) in [7, 11) is 0. The molecule has 0 fully saturated rings. The second-order valence-corrected chi connectivity index (χ2v) is 5.90. The Hall–Kier alpha value is -2.75. The van der Waals surface area contributed by atoms with Crippen molar-refractivity contribution in [2.75, 3.05) is 17.2 Å². The van der Waals surface area contributed by atoms with E-state index in [2.05, 4.69) is 4.98 Å². The first-order valence-corrected chi connectivity index (χ1v) is 7.19. The van der Waals surface area contributed by atoms with Crippen molar-refractivity contribution in [1.29, 1.82) is 0 Å². The summed E-state index contributed by atoms with van der Waals surface area (Å²) < 4.78 is 0. The lowest BCUT2D eigenvalue weighted by Crippen LogP contribution is -2.30. The van der Waals surface area contributed by atoms with Crippen LogP contribution in [0.15, 0.2) is 18.2 Å². The third-order valence-corrected chi connectivity index (χ3v) is 4.37. The summed E-state index contributed by atoms with van der Waals surface area (Å²) in [5.74, 6) is 0. The minimum absolute atomic E-state index is 0.268. The first-order valence-electron chi connectivity index (χ1n) is 6.37. The molecule has 0 amide bonds. The van der Waals surface area contributed by atoms with E-state index >= 15 is 0 Å². The van der Waals surface area contributed by atoms with Gasteiger partial charge in [0.15, 0.2) is 5.13 Å². The highest BCUT2D eigenvalue weighted by Gasteiger charge is 2.27. The number of nitrogen functional groups attached to an aromatic ring is 1. The Kier molecular flexibility index (Phi) is 3.37. The zero-order chi connectivity index (χ0) is 15.9. The van der Waals surface area contributed by atoms with Gasteiger partial charge < -0.3 is 10.6 Å². The predicted octanol–water partition coefficient (Wildman–Crippen LogP) is 2.10. The van der Waals surface area contributed by atoms with Gasteiger partial charge in [-0.05, 0) is 6.07 Å². The minimum Gasteiger partial charge on any atom is -0.375 e. The van der Waals surface area contributed by atoms with Crippen LogP contribution < -0.4 is 10.6 Å². The van der Waals surface area contributed by atoms with Gasteiger partial charge in [0.05, 0.1) is 28.2 Å². The molecule has 0 unspecified atom stereocenters. The minimum atomic E-state index is -0.644. The number of non-ortho nitro benzene ring substituents is 1. The number of aromatic nitrogens is 1. The topological polar surface area (TPSA) is 128 Å². The van der Waals surface area contributed by atoms with Crippen molar-refractivity contribution >= 4 is 33.5 Å². The molecular weight excluding hydrogens is 310 g/mol. The quantitative estimate of drug-likeness (QED) is 0.677. The van der Waals surface area contributed by atoms with Crippen LogP contribution >= 0.6 is 11.3 Å². The van der Waals surface area contributed by atoms with Crippen molar-refractivity contribution in [1.82, 2.24) is 4.98 Å². The van der Waals surface area contributed by atoms with Crippen LogP contribution in [0.3, 0.4) is 0 Å². The van der Waals surface area contributed by atoms with E-state index in [1.807, 2.05) is 4.90 Å². The molecule has 2 N–H and O–H groups in total. The van der Waals surface area contributed by atoms with Gasteiger partial charge in [-0.25, -0.2) is 4.98 Å². The summed E-state index contributed by atoms with van der Waals surface area (Å²) >= 11 is 1.36. The molecule has 1 aromatic carbocycles. The van der Waals surface area contributed by atoms with Crippen molar-refractivity contribution in [3.63, 3.8) is 0 Å². The summed E-state index contributed by atoms with van der Waals surface area (Å²) in [5.41, 5.74) is 6.40. The number of fused-ring (bicyclic) bond motifs is 1. The van der Waals surface area contributed by atoms with Gasteiger partial charge in [0.1, 0.15) is 5.69 Å². The number of nitro groups is 2. The molecule has 0 atom stereocenters. The molecule has 114 valence electrons. The van der Waals surface area contributed by atoms with Crippen LogP contribution in [0.5, 0.6) is 0 Å². The van der Waals surface area contributed by atoms with Gasteiger partial charge in [-0.15, -0.1) is 11.3 Å². The summed E-state index contributed by atoms with van der Waals surface area (Å²) in [5, 5.41) is 22.5. The second kappa shape index (κ2) is 5.22. The van der Waals surface area contributed by atoms with Gasteiger partial charge in [0, 0.05) is 23.9 Å². The molecule has 1 aliphatic heterocycles. The van der Waals surface area contributed by atoms with Crippen LogP contribution in [-0.4, -0.2) is 21.4 Å². The van der Waals surface area contributed by atoms with E-state index in [0.29, 0.717) is 30.3 Å². The molecule has 0 saturated heterocycles. The number of rotatable bonds is 3. The summed E-state index contributed by atoms with van der Waals surface area (Å²) in [6.07, 6.45) is 0.636. The molecule has 0 spiro atoms. The highest BCUT2D eigenvalue weighted by Crippen LogP contribution is 2.36. The van der Waals surface area contributed by atoms with Crippen LogP contribution in [-0.2, 0) is 13.0 Å². The van der Waals surface area contributed by atoms with E-state index in [4.69, 9.17) is 5.73 Å². The maximum atomic E-state index is 11.2. The van der Waals surface area contributed by atoms with E-state index < -0.39 is 9.85 Å². The van der Waals surface area contributed by atoms with Gasteiger partial charge in [-0.3, -0.25) is 20.2 Å². The summed E-state index contributed by atoms with van der Waals surface area (Å²) in [6, 6.07) is 3.69. The number of anilines is 2. The number of hydrogen-bond acceptors (Lipinski definition) is 8. The molecule has 0 radical (unpaired) electrons. The molecule has 1 aromatic heterocycles. The fourth-order valence-electron chi connectivity index (χ4n) is 2.46. The molecule has 9 nitrogen and oxygen atoms in total. The van der Waals surface area contributed by atoms with Crippen molar-refractivity contribution in [3.8, 4) is 0 Å². The van der Waals surface area contributed by atoms with E-state index in [1.54, 1.807) is 0 Å². The molecule has 3 rings (SSSR count). The maximum absolute atomic E-state index is 11.2. The Morgan fingerprint density at radius 3 is 2.73 bits per heavy atom. The molecule has 22 heavy (non-hydrogen) atoms. The molecule has 0 saturated carbocycles. The van der Waals surface area contributed by atoms with Crippen molar-refractivity contribution < 1.29 is 9.85 Å². The third kappa shape index (κ3) is 2.44. The highest BCUT2D eigenvalue weighted by atomic mass is 32.1. The molecule has 1 aliphatic rings. The lowest BCUT2D eigenvalue weighted by Gasteiger charge is -2.27. The number of nitrogens with two attached hydrogens (primary N) is 1. The smallest absolute Gasteiger partial charge is 0.299 e. The van der Waals surface area contributed by atoms with Crippen molar-refractivity contribution in [2.24, 2.45) is 0 Å². The van der Waals surface area contributed by atoms with Gasteiger partial charge in [0.2, 0.25) is 0 Å². The fourth-order valence-corrected chi connectivity index (χ4v) is 3.35. The van der Waals surface area contributed by atoms with Gasteiger partial charge in [-0.2, -0.15) is 0 Å². The number of nitrogens with zero attached hydrogens (tertiary/aromatic N) is 4. The summed E-state index contributed by atoms with van der Waals surface area (Å²) in [6.45, 7) is 1.01.